The van der Waals surface area contributed by atoms with Crippen molar-refractivity contribution in [1.29, 1.82) is 0 Å². The van der Waals surface area contributed by atoms with Gasteiger partial charge in [0.25, 0.3) is 0 Å². The molecule has 116 valence electrons. The number of aryl methyl sites for hydroxylation is 1. The molecule has 2 rings (SSSR count). The molecule has 0 spiro atoms. The first kappa shape index (κ1) is 16.1. The van der Waals surface area contributed by atoms with Gasteiger partial charge < -0.3 is 14.0 Å². The summed E-state index contributed by atoms with van der Waals surface area (Å²) in [5.74, 6) is -0.436. The number of hydrogen-bond acceptors (Lipinski definition) is 6. The summed E-state index contributed by atoms with van der Waals surface area (Å²) in [5.41, 5.74) is 2.10. The Morgan fingerprint density at radius 1 is 1.23 bits per heavy atom. The van der Waals surface area contributed by atoms with Crippen LogP contribution in [0.3, 0.4) is 0 Å². The number of ether oxygens (including phenoxy) is 2. The van der Waals surface area contributed by atoms with Crippen molar-refractivity contribution < 1.29 is 19.1 Å². The van der Waals surface area contributed by atoms with E-state index in [0.717, 1.165) is 11.4 Å². The van der Waals surface area contributed by atoms with E-state index in [-0.39, 0.29) is 5.57 Å². The van der Waals surface area contributed by atoms with Crippen LogP contribution in [0.2, 0.25) is 0 Å². The van der Waals surface area contributed by atoms with Crippen LogP contribution in [0.1, 0.15) is 18.4 Å². The van der Waals surface area contributed by atoms with Gasteiger partial charge in [0, 0.05) is 18.0 Å². The number of allylic oxidation sites excluding steroid dienone is 1. The molecule has 2 heterocycles. The maximum Gasteiger partial charge on any atom is 0.339 e. The average Bonchev–Trinajstić information content (AvgIpc) is 2.91. The Bertz CT molecular complexity index is 713. The van der Waals surface area contributed by atoms with Crippen molar-refractivity contribution in [2.75, 3.05) is 14.2 Å². The minimum atomic E-state index is -0.547. The lowest BCUT2D eigenvalue weighted by molar-refractivity contribution is -0.135. The highest BCUT2D eigenvalue weighted by atomic mass is 32.2. The van der Waals surface area contributed by atoms with Gasteiger partial charge in [-0.05, 0) is 25.3 Å². The van der Waals surface area contributed by atoms with E-state index in [1.54, 1.807) is 0 Å². The SMILES string of the molecule is COC(=O)/C=C/C(C(=O)OC)=C1\SC=C(C)n2cc(C)nc21. The summed E-state index contributed by atoms with van der Waals surface area (Å²) in [6.07, 6.45) is 4.47. The molecule has 0 aliphatic carbocycles. The molecule has 22 heavy (non-hydrogen) atoms. The van der Waals surface area contributed by atoms with Crippen LogP contribution in [-0.4, -0.2) is 35.7 Å². The molecule has 0 fully saturated rings. The number of carbonyl (C=O) groups excluding carboxylic acids is 2. The van der Waals surface area contributed by atoms with E-state index in [9.17, 15) is 9.59 Å². The van der Waals surface area contributed by atoms with Gasteiger partial charge >= 0.3 is 11.9 Å². The normalized spacial score (nSPS) is 16.1. The molecular weight excluding hydrogens is 304 g/mol. The van der Waals surface area contributed by atoms with Crippen molar-refractivity contribution in [3.63, 3.8) is 0 Å². The third-order valence-corrected chi connectivity index (χ3v) is 4.09. The first-order valence-electron chi connectivity index (χ1n) is 6.46. The van der Waals surface area contributed by atoms with E-state index >= 15 is 0 Å². The highest BCUT2D eigenvalue weighted by Gasteiger charge is 2.23. The second-order valence-electron chi connectivity index (χ2n) is 4.54. The predicted octanol–water partition coefficient (Wildman–Crippen LogP) is 2.37. The fourth-order valence-electron chi connectivity index (χ4n) is 1.93. The Morgan fingerprint density at radius 2 is 1.95 bits per heavy atom. The monoisotopic (exact) mass is 320 g/mol. The van der Waals surface area contributed by atoms with E-state index in [4.69, 9.17) is 4.74 Å². The molecule has 0 amide bonds. The van der Waals surface area contributed by atoms with Gasteiger partial charge in [-0.2, -0.15) is 0 Å². The first-order chi connectivity index (χ1) is 10.5. The summed E-state index contributed by atoms with van der Waals surface area (Å²) in [7, 11) is 2.57. The molecule has 1 aliphatic rings. The number of aromatic nitrogens is 2. The zero-order chi connectivity index (χ0) is 16.3. The maximum atomic E-state index is 12.1. The van der Waals surface area contributed by atoms with Crippen molar-refractivity contribution in [2.24, 2.45) is 0 Å². The molecule has 0 saturated heterocycles. The van der Waals surface area contributed by atoms with Crippen LogP contribution in [0.4, 0.5) is 0 Å². The maximum absolute atomic E-state index is 12.1. The number of carbonyl (C=O) groups is 2. The molecule has 7 heteroatoms. The van der Waals surface area contributed by atoms with Crippen molar-refractivity contribution >= 4 is 34.3 Å². The van der Waals surface area contributed by atoms with Crippen LogP contribution >= 0.6 is 11.8 Å². The number of imidazole rings is 1. The summed E-state index contributed by atoms with van der Waals surface area (Å²) in [6, 6.07) is 0. The Labute approximate surface area is 132 Å². The second kappa shape index (κ2) is 6.65. The number of methoxy groups -OCH3 is 2. The summed E-state index contributed by atoms with van der Waals surface area (Å²) >= 11 is 1.37. The number of hydrogen-bond donors (Lipinski definition) is 0. The molecule has 1 aliphatic heterocycles. The van der Waals surface area contributed by atoms with Gasteiger partial charge in [0.1, 0.15) is 0 Å². The van der Waals surface area contributed by atoms with E-state index in [1.807, 2.05) is 30.0 Å². The number of nitrogens with zero attached hydrogens (tertiary/aromatic N) is 2. The number of rotatable bonds is 3. The molecule has 0 N–H and O–H groups in total. The van der Waals surface area contributed by atoms with Gasteiger partial charge in [0.05, 0.1) is 30.4 Å². The second-order valence-corrected chi connectivity index (χ2v) is 5.42. The fraction of sp³-hybridized carbons (Fsp3) is 0.267. The Balaban J connectivity index is 2.58. The smallest absolute Gasteiger partial charge is 0.339 e. The topological polar surface area (TPSA) is 70.4 Å². The van der Waals surface area contributed by atoms with E-state index in [0.29, 0.717) is 10.7 Å². The Morgan fingerprint density at radius 3 is 2.59 bits per heavy atom. The molecule has 6 nitrogen and oxygen atoms in total. The third-order valence-electron chi connectivity index (χ3n) is 2.99. The lowest BCUT2D eigenvalue weighted by Gasteiger charge is -2.17. The fourth-order valence-corrected chi connectivity index (χ4v) is 2.86. The third kappa shape index (κ3) is 3.14. The minimum Gasteiger partial charge on any atom is -0.466 e. The molecule has 1 aromatic heterocycles. The van der Waals surface area contributed by atoms with Crippen LogP contribution in [0.5, 0.6) is 0 Å². The lowest BCUT2D eigenvalue weighted by Crippen LogP contribution is -2.10. The van der Waals surface area contributed by atoms with Crippen LogP contribution in [0.15, 0.2) is 29.3 Å². The zero-order valence-electron chi connectivity index (χ0n) is 12.7. The van der Waals surface area contributed by atoms with Crippen LogP contribution < -0.4 is 0 Å². The van der Waals surface area contributed by atoms with Gasteiger partial charge in [0.15, 0.2) is 5.82 Å². The lowest BCUT2D eigenvalue weighted by atomic mass is 10.2. The van der Waals surface area contributed by atoms with Gasteiger partial charge in [0.2, 0.25) is 0 Å². The largest absolute Gasteiger partial charge is 0.466 e. The Kier molecular flexibility index (Phi) is 4.87. The van der Waals surface area contributed by atoms with Crippen LogP contribution in [0, 0.1) is 6.92 Å². The van der Waals surface area contributed by atoms with Crippen molar-refractivity contribution in [3.8, 4) is 0 Å². The highest BCUT2D eigenvalue weighted by molar-refractivity contribution is 8.11. The van der Waals surface area contributed by atoms with Crippen LogP contribution in [0.25, 0.3) is 10.6 Å². The summed E-state index contributed by atoms with van der Waals surface area (Å²) in [4.78, 5) is 28.4. The van der Waals surface area contributed by atoms with E-state index in [2.05, 4.69) is 9.72 Å². The molecule has 0 aromatic carbocycles. The Hall–Kier alpha value is -2.28. The standard InChI is InChI=1S/C15H16N2O4S/c1-9-7-17-10(2)8-22-13(14(17)16-9)11(15(19)21-4)5-6-12(18)20-3/h5-8H,1-4H3/b6-5+,13-11+. The van der Waals surface area contributed by atoms with Crippen molar-refractivity contribution in [1.82, 2.24) is 9.55 Å². The van der Waals surface area contributed by atoms with Gasteiger partial charge in [-0.3, -0.25) is 0 Å². The molecule has 0 saturated carbocycles. The number of fused-ring (bicyclic) bond motifs is 1. The van der Waals surface area contributed by atoms with Crippen LogP contribution in [-0.2, 0) is 19.1 Å². The quantitative estimate of drug-likeness (QED) is 0.629. The molecule has 0 bridgehead atoms. The van der Waals surface area contributed by atoms with E-state index in [1.165, 1.54) is 38.1 Å². The van der Waals surface area contributed by atoms with Gasteiger partial charge in [-0.25, -0.2) is 14.6 Å². The van der Waals surface area contributed by atoms with Gasteiger partial charge in [-0.1, -0.05) is 11.8 Å². The first-order valence-corrected chi connectivity index (χ1v) is 7.34. The molecular formula is C15H16N2O4S. The predicted molar refractivity (Wildman–Crippen MR) is 84.6 cm³/mol. The summed E-state index contributed by atoms with van der Waals surface area (Å²) in [5, 5.41) is 1.92. The average molecular weight is 320 g/mol. The summed E-state index contributed by atoms with van der Waals surface area (Å²) in [6.45, 7) is 3.83. The minimum absolute atomic E-state index is 0.258. The highest BCUT2D eigenvalue weighted by Crippen LogP contribution is 2.38. The molecule has 0 unspecified atom stereocenters. The number of thioether (sulfide) groups is 1. The van der Waals surface area contributed by atoms with Crippen molar-refractivity contribution in [3.05, 3.63) is 40.8 Å². The van der Waals surface area contributed by atoms with E-state index < -0.39 is 11.9 Å². The molecule has 0 radical (unpaired) electrons. The number of esters is 2. The molecule has 1 aromatic rings. The zero-order valence-corrected chi connectivity index (χ0v) is 13.6. The molecule has 0 atom stereocenters. The van der Waals surface area contributed by atoms with Gasteiger partial charge in [-0.15, -0.1) is 0 Å². The van der Waals surface area contributed by atoms with Crippen molar-refractivity contribution in [2.45, 2.75) is 13.8 Å². The summed E-state index contributed by atoms with van der Waals surface area (Å²) < 4.78 is 11.3.